The van der Waals surface area contributed by atoms with Gasteiger partial charge in [-0.3, -0.25) is 9.69 Å². The van der Waals surface area contributed by atoms with E-state index in [1.54, 1.807) is 13.2 Å². The highest BCUT2D eigenvalue weighted by atomic mass is 32.1. The van der Waals surface area contributed by atoms with E-state index in [1.807, 2.05) is 34.7 Å². The number of para-hydroxylation sites is 1. The van der Waals surface area contributed by atoms with E-state index in [2.05, 4.69) is 24.0 Å². The predicted molar refractivity (Wildman–Crippen MR) is 133 cm³/mol. The molecule has 2 aromatic heterocycles. The van der Waals surface area contributed by atoms with Crippen LogP contribution in [0.1, 0.15) is 26.5 Å². The number of carbonyl (C=O) groups is 1. The number of thiophene rings is 1. The largest absolute Gasteiger partial charge is 0.496 e. The number of halogens is 1. The van der Waals surface area contributed by atoms with Crippen molar-refractivity contribution in [3.63, 3.8) is 0 Å². The number of rotatable bonds is 5. The van der Waals surface area contributed by atoms with Gasteiger partial charge in [-0.15, -0.1) is 11.3 Å². The van der Waals surface area contributed by atoms with E-state index in [-0.39, 0.29) is 11.7 Å². The quantitative estimate of drug-likeness (QED) is 0.413. The molecule has 0 bridgehead atoms. The fourth-order valence-corrected chi connectivity index (χ4v) is 5.64. The van der Waals surface area contributed by atoms with Gasteiger partial charge in [-0.2, -0.15) is 5.10 Å². The molecular formula is C26H27FN4O2S. The van der Waals surface area contributed by atoms with Gasteiger partial charge in [0.25, 0.3) is 5.91 Å². The molecule has 0 aliphatic carbocycles. The van der Waals surface area contributed by atoms with Crippen LogP contribution in [0.15, 0.2) is 48.5 Å². The number of hydrogen-bond donors (Lipinski definition) is 0. The van der Waals surface area contributed by atoms with Crippen LogP contribution >= 0.6 is 11.3 Å². The van der Waals surface area contributed by atoms with E-state index in [1.165, 1.54) is 23.5 Å². The van der Waals surface area contributed by atoms with Crippen molar-refractivity contribution in [1.82, 2.24) is 19.6 Å². The Morgan fingerprint density at radius 3 is 2.59 bits per heavy atom. The molecular weight excluding hydrogens is 451 g/mol. The van der Waals surface area contributed by atoms with Gasteiger partial charge in [-0.1, -0.05) is 18.2 Å². The molecule has 2 aromatic carbocycles. The molecule has 1 aliphatic rings. The zero-order valence-electron chi connectivity index (χ0n) is 19.5. The predicted octanol–water partition coefficient (Wildman–Crippen LogP) is 4.81. The lowest BCUT2D eigenvalue weighted by atomic mass is 10.1. The number of methoxy groups -OCH3 is 1. The second kappa shape index (κ2) is 9.19. The highest BCUT2D eigenvalue weighted by Gasteiger charge is 2.25. The summed E-state index contributed by atoms with van der Waals surface area (Å²) in [7, 11) is 1.60. The van der Waals surface area contributed by atoms with Crippen molar-refractivity contribution < 1.29 is 13.9 Å². The zero-order valence-corrected chi connectivity index (χ0v) is 20.4. The minimum absolute atomic E-state index is 0.0555. The Balaban J connectivity index is 1.31. The Kier molecular flexibility index (Phi) is 6.10. The van der Waals surface area contributed by atoms with Crippen LogP contribution in [0, 0.1) is 19.7 Å². The third-order valence-corrected chi connectivity index (χ3v) is 7.49. The van der Waals surface area contributed by atoms with Gasteiger partial charge in [-0.05, 0) is 49.7 Å². The number of hydrogen-bond acceptors (Lipinski definition) is 5. The minimum atomic E-state index is -0.270. The summed E-state index contributed by atoms with van der Waals surface area (Å²) in [6.45, 7) is 7.37. The van der Waals surface area contributed by atoms with Gasteiger partial charge < -0.3 is 9.64 Å². The summed E-state index contributed by atoms with van der Waals surface area (Å²) >= 11 is 1.50. The minimum Gasteiger partial charge on any atom is -0.496 e. The van der Waals surface area contributed by atoms with Gasteiger partial charge in [-0.25, -0.2) is 9.07 Å². The van der Waals surface area contributed by atoms with Gasteiger partial charge in [0.05, 0.1) is 23.4 Å². The summed E-state index contributed by atoms with van der Waals surface area (Å²) in [5, 5.41) is 5.74. The summed E-state index contributed by atoms with van der Waals surface area (Å²) in [5.41, 5.74) is 3.91. The van der Waals surface area contributed by atoms with Crippen LogP contribution in [0.25, 0.3) is 15.9 Å². The van der Waals surface area contributed by atoms with Crippen LogP contribution in [0.3, 0.4) is 0 Å². The molecule has 176 valence electrons. The Morgan fingerprint density at radius 1 is 1.09 bits per heavy atom. The summed E-state index contributed by atoms with van der Waals surface area (Å²) < 4.78 is 21.0. The number of benzene rings is 2. The van der Waals surface area contributed by atoms with Gasteiger partial charge in [0.15, 0.2) is 0 Å². The molecule has 0 atom stereocenters. The Hall–Kier alpha value is -3.23. The zero-order chi connectivity index (χ0) is 23.8. The molecule has 4 aromatic rings. The molecule has 34 heavy (non-hydrogen) atoms. The van der Waals surface area contributed by atoms with Gasteiger partial charge >= 0.3 is 0 Å². The lowest BCUT2D eigenvalue weighted by Gasteiger charge is -2.34. The molecule has 1 aliphatic heterocycles. The van der Waals surface area contributed by atoms with Crippen LogP contribution in [-0.2, 0) is 6.54 Å². The summed E-state index contributed by atoms with van der Waals surface area (Å²) in [5.74, 6) is 0.470. The van der Waals surface area contributed by atoms with Crippen molar-refractivity contribution in [1.29, 1.82) is 0 Å². The van der Waals surface area contributed by atoms with Crippen molar-refractivity contribution in [3.8, 4) is 11.4 Å². The second-order valence-corrected chi connectivity index (χ2v) is 9.67. The van der Waals surface area contributed by atoms with Gasteiger partial charge in [0, 0.05) is 43.7 Å². The topological polar surface area (TPSA) is 50.6 Å². The van der Waals surface area contributed by atoms with E-state index in [0.717, 1.165) is 50.7 Å². The number of fused-ring (bicyclic) bond motifs is 1. The van der Waals surface area contributed by atoms with Crippen LogP contribution in [-0.4, -0.2) is 58.8 Å². The molecule has 8 heteroatoms. The van der Waals surface area contributed by atoms with E-state index in [4.69, 9.17) is 9.84 Å². The van der Waals surface area contributed by atoms with Crippen LogP contribution in [0.5, 0.6) is 5.75 Å². The maximum Gasteiger partial charge on any atom is 0.264 e. The fourth-order valence-electron chi connectivity index (χ4n) is 4.49. The third kappa shape index (κ3) is 4.19. The lowest BCUT2D eigenvalue weighted by molar-refractivity contribution is 0.0632. The number of carbonyl (C=O) groups excluding carboxylic acids is 1. The average Bonchev–Trinajstić information content (AvgIpc) is 3.40. The van der Waals surface area contributed by atoms with Crippen LogP contribution < -0.4 is 4.74 Å². The Labute approximate surface area is 202 Å². The number of piperazine rings is 1. The van der Waals surface area contributed by atoms with Crippen LogP contribution in [0.2, 0.25) is 0 Å². The molecule has 0 radical (unpaired) electrons. The Bertz CT molecular complexity index is 1350. The molecule has 0 spiro atoms. The fraction of sp³-hybridized carbons (Fsp3) is 0.308. The van der Waals surface area contributed by atoms with Gasteiger partial charge in [0.1, 0.15) is 16.4 Å². The molecule has 3 heterocycles. The molecule has 0 saturated carbocycles. The van der Waals surface area contributed by atoms with Crippen molar-refractivity contribution in [2.45, 2.75) is 20.4 Å². The molecule has 0 unspecified atom stereocenters. The number of ether oxygens (including phenoxy) is 1. The Morgan fingerprint density at radius 2 is 1.85 bits per heavy atom. The molecule has 1 saturated heterocycles. The first kappa shape index (κ1) is 22.6. The standard InChI is InChI=1S/C26H27FN4O2S/c1-17-6-4-5-7-22(17)31-26-21(18(2)28-31)15-24(34-26)25(32)30-12-10-29(11-13-30)16-19-14-20(27)8-9-23(19)33-3/h4-9,14-15H,10-13,16H2,1-3H3. The molecule has 6 nitrogen and oxygen atoms in total. The summed E-state index contributed by atoms with van der Waals surface area (Å²) in [6.07, 6.45) is 0. The highest BCUT2D eigenvalue weighted by Crippen LogP contribution is 2.32. The molecule has 1 amide bonds. The molecule has 5 rings (SSSR count). The monoisotopic (exact) mass is 478 g/mol. The number of nitrogens with zero attached hydrogens (tertiary/aromatic N) is 4. The smallest absolute Gasteiger partial charge is 0.264 e. The summed E-state index contributed by atoms with van der Waals surface area (Å²) in [6, 6.07) is 14.7. The third-order valence-electron chi connectivity index (χ3n) is 6.39. The number of aryl methyl sites for hydroxylation is 2. The molecule has 1 fully saturated rings. The van der Waals surface area contributed by atoms with Crippen molar-refractivity contribution >= 4 is 27.5 Å². The first-order chi connectivity index (χ1) is 16.4. The maximum absolute atomic E-state index is 13.7. The normalized spacial score (nSPS) is 14.6. The van der Waals surface area contributed by atoms with Crippen molar-refractivity contribution in [2.24, 2.45) is 0 Å². The molecule has 0 N–H and O–H groups in total. The first-order valence-corrected chi connectivity index (χ1v) is 12.2. The second-order valence-electron chi connectivity index (χ2n) is 8.64. The van der Waals surface area contributed by atoms with Crippen molar-refractivity contribution in [3.05, 3.63) is 76.0 Å². The van der Waals surface area contributed by atoms with E-state index < -0.39 is 0 Å². The number of amides is 1. The van der Waals surface area contributed by atoms with E-state index >= 15 is 0 Å². The SMILES string of the molecule is COc1ccc(F)cc1CN1CCN(C(=O)c2cc3c(C)nn(-c4ccccc4C)c3s2)CC1. The van der Waals surface area contributed by atoms with E-state index in [9.17, 15) is 9.18 Å². The van der Waals surface area contributed by atoms with Crippen LogP contribution in [0.4, 0.5) is 4.39 Å². The van der Waals surface area contributed by atoms with Crippen molar-refractivity contribution in [2.75, 3.05) is 33.3 Å². The van der Waals surface area contributed by atoms with Gasteiger partial charge in [0.2, 0.25) is 0 Å². The average molecular weight is 479 g/mol. The summed E-state index contributed by atoms with van der Waals surface area (Å²) in [4.78, 5) is 19.2. The first-order valence-electron chi connectivity index (χ1n) is 11.3. The van der Waals surface area contributed by atoms with E-state index in [0.29, 0.717) is 25.4 Å². The lowest BCUT2D eigenvalue weighted by Crippen LogP contribution is -2.48. The highest BCUT2D eigenvalue weighted by molar-refractivity contribution is 7.20. The maximum atomic E-state index is 13.7. The number of aromatic nitrogens is 2.